The summed E-state index contributed by atoms with van der Waals surface area (Å²) in [6, 6.07) is 0. The predicted molar refractivity (Wildman–Crippen MR) is 79.6 cm³/mol. The van der Waals surface area contributed by atoms with E-state index in [1.54, 1.807) is 0 Å². The fourth-order valence-corrected chi connectivity index (χ4v) is 3.34. The van der Waals surface area contributed by atoms with Crippen molar-refractivity contribution in [2.24, 2.45) is 11.8 Å². The van der Waals surface area contributed by atoms with Gasteiger partial charge >= 0.3 is 0 Å². The van der Waals surface area contributed by atoms with E-state index in [1.807, 2.05) is 0 Å². The third kappa shape index (κ3) is 5.04. The number of nitrogens with zero attached hydrogens (tertiary/aromatic N) is 1. The molecule has 2 saturated heterocycles. The van der Waals surface area contributed by atoms with Gasteiger partial charge in [0.1, 0.15) is 6.10 Å². The number of rotatable bonds is 5. The quantitative estimate of drug-likeness (QED) is 0.720. The van der Waals surface area contributed by atoms with E-state index >= 15 is 0 Å². The van der Waals surface area contributed by atoms with Crippen molar-refractivity contribution in [2.45, 2.75) is 32.8 Å². The lowest BCUT2D eigenvalue weighted by Crippen LogP contribution is -2.48. The van der Waals surface area contributed by atoms with Gasteiger partial charge in [0.15, 0.2) is 0 Å². The van der Waals surface area contributed by atoms with Crippen LogP contribution in [-0.4, -0.2) is 62.8 Å². The van der Waals surface area contributed by atoms with E-state index in [0.717, 1.165) is 37.9 Å². The van der Waals surface area contributed by atoms with Crippen molar-refractivity contribution in [3.63, 3.8) is 0 Å². The van der Waals surface area contributed by atoms with Crippen molar-refractivity contribution in [1.29, 1.82) is 0 Å². The fourth-order valence-electron chi connectivity index (χ4n) is 3.34. The molecule has 0 saturated carbocycles. The van der Waals surface area contributed by atoms with Gasteiger partial charge in [0.2, 0.25) is 5.91 Å². The summed E-state index contributed by atoms with van der Waals surface area (Å²) in [6.45, 7) is 11.0. The molecule has 2 N–H and O–H groups in total. The van der Waals surface area contributed by atoms with Crippen LogP contribution in [-0.2, 0) is 9.53 Å². The van der Waals surface area contributed by atoms with Gasteiger partial charge in [-0.3, -0.25) is 4.79 Å². The van der Waals surface area contributed by atoms with Crippen LogP contribution < -0.4 is 10.6 Å². The molecule has 1 amide bonds. The number of likely N-dealkylation sites (tertiary alicyclic amines) is 1. The van der Waals surface area contributed by atoms with Gasteiger partial charge in [-0.2, -0.15) is 0 Å². The Kier molecular flexibility index (Phi) is 6.26. The Morgan fingerprint density at radius 1 is 1.35 bits per heavy atom. The van der Waals surface area contributed by atoms with Crippen molar-refractivity contribution < 1.29 is 9.53 Å². The number of carbonyl (C=O) groups excluding carboxylic acids is 1. The summed E-state index contributed by atoms with van der Waals surface area (Å²) in [7, 11) is 0. The molecule has 0 aromatic heterocycles. The SMILES string of the molecule is CC1CC(C)CN(CCCNC(=O)C2CNCCO2)C1. The van der Waals surface area contributed by atoms with E-state index in [1.165, 1.54) is 19.5 Å². The van der Waals surface area contributed by atoms with Gasteiger partial charge in [-0.1, -0.05) is 13.8 Å². The van der Waals surface area contributed by atoms with Gasteiger partial charge in [0.25, 0.3) is 0 Å². The van der Waals surface area contributed by atoms with Crippen LogP contribution in [0, 0.1) is 11.8 Å². The first kappa shape index (κ1) is 15.7. The van der Waals surface area contributed by atoms with E-state index in [-0.39, 0.29) is 12.0 Å². The van der Waals surface area contributed by atoms with E-state index in [4.69, 9.17) is 4.74 Å². The maximum Gasteiger partial charge on any atom is 0.250 e. The number of piperidine rings is 1. The van der Waals surface area contributed by atoms with Crippen LogP contribution in [0.1, 0.15) is 26.7 Å². The Labute approximate surface area is 122 Å². The maximum absolute atomic E-state index is 11.9. The normalized spacial score (nSPS) is 32.0. The van der Waals surface area contributed by atoms with E-state index in [9.17, 15) is 4.79 Å². The molecule has 2 aliphatic rings. The van der Waals surface area contributed by atoms with E-state index in [0.29, 0.717) is 13.2 Å². The monoisotopic (exact) mass is 283 g/mol. The third-order valence-corrected chi connectivity index (χ3v) is 4.11. The Hall–Kier alpha value is -0.650. The molecular formula is C15H29N3O2. The summed E-state index contributed by atoms with van der Waals surface area (Å²) in [4.78, 5) is 14.4. The highest BCUT2D eigenvalue weighted by Crippen LogP contribution is 2.20. The summed E-state index contributed by atoms with van der Waals surface area (Å²) in [5, 5.41) is 6.16. The van der Waals surface area contributed by atoms with Crippen molar-refractivity contribution in [3.8, 4) is 0 Å². The molecule has 2 fully saturated rings. The lowest BCUT2D eigenvalue weighted by molar-refractivity contribution is -0.134. The topological polar surface area (TPSA) is 53.6 Å². The fraction of sp³-hybridized carbons (Fsp3) is 0.933. The minimum absolute atomic E-state index is 0.0255. The van der Waals surface area contributed by atoms with Crippen LogP contribution in [0.15, 0.2) is 0 Å². The second kappa shape index (κ2) is 7.96. The zero-order chi connectivity index (χ0) is 14.4. The Morgan fingerprint density at radius 2 is 2.10 bits per heavy atom. The molecule has 0 aromatic rings. The molecule has 20 heavy (non-hydrogen) atoms. The molecule has 5 heteroatoms. The van der Waals surface area contributed by atoms with Gasteiger partial charge in [0.05, 0.1) is 6.61 Å². The maximum atomic E-state index is 11.9. The van der Waals surface area contributed by atoms with Crippen molar-refractivity contribution in [3.05, 3.63) is 0 Å². The predicted octanol–water partition coefficient (Wildman–Crippen LogP) is 0.459. The number of ether oxygens (including phenoxy) is 1. The van der Waals surface area contributed by atoms with Gasteiger partial charge in [-0.05, 0) is 31.2 Å². The van der Waals surface area contributed by atoms with Crippen molar-refractivity contribution in [1.82, 2.24) is 15.5 Å². The lowest BCUT2D eigenvalue weighted by Gasteiger charge is -2.35. The Morgan fingerprint density at radius 3 is 2.75 bits per heavy atom. The number of morpholine rings is 1. The molecule has 0 spiro atoms. The summed E-state index contributed by atoms with van der Waals surface area (Å²) in [5.74, 6) is 1.63. The van der Waals surface area contributed by atoms with Gasteiger partial charge < -0.3 is 20.3 Å². The smallest absolute Gasteiger partial charge is 0.250 e. The standard InChI is InChI=1S/C15H29N3O2/c1-12-8-13(2)11-18(10-12)6-3-4-17-15(19)14-9-16-5-7-20-14/h12-14,16H,3-11H2,1-2H3,(H,17,19). The molecule has 2 heterocycles. The molecule has 3 unspecified atom stereocenters. The number of nitrogens with one attached hydrogen (secondary N) is 2. The van der Waals surface area contributed by atoms with Crippen molar-refractivity contribution >= 4 is 5.91 Å². The number of hydrogen-bond acceptors (Lipinski definition) is 4. The second-order valence-electron chi connectivity index (χ2n) is 6.41. The zero-order valence-corrected chi connectivity index (χ0v) is 12.9. The summed E-state index contributed by atoms with van der Waals surface area (Å²) in [6.07, 6.45) is 2.06. The minimum atomic E-state index is -0.307. The number of amides is 1. The highest BCUT2D eigenvalue weighted by atomic mass is 16.5. The lowest BCUT2D eigenvalue weighted by atomic mass is 9.92. The van der Waals surface area contributed by atoms with Gasteiger partial charge in [-0.25, -0.2) is 0 Å². The highest BCUT2D eigenvalue weighted by molar-refractivity contribution is 5.81. The molecule has 2 aliphatic heterocycles. The highest BCUT2D eigenvalue weighted by Gasteiger charge is 2.22. The Bertz CT molecular complexity index is 295. The summed E-state index contributed by atoms with van der Waals surface area (Å²) >= 11 is 0. The molecule has 0 bridgehead atoms. The van der Waals surface area contributed by atoms with E-state index < -0.39 is 0 Å². The second-order valence-corrected chi connectivity index (χ2v) is 6.41. The van der Waals surface area contributed by atoms with E-state index in [2.05, 4.69) is 29.4 Å². The largest absolute Gasteiger partial charge is 0.366 e. The average molecular weight is 283 g/mol. The number of carbonyl (C=O) groups is 1. The van der Waals surface area contributed by atoms with Crippen LogP contribution >= 0.6 is 0 Å². The Balaban J connectivity index is 1.57. The molecule has 2 rings (SSSR count). The molecule has 3 atom stereocenters. The minimum Gasteiger partial charge on any atom is -0.366 e. The summed E-state index contributed by atoms with van der Waals surface area (Å²) in [5.41, 5.74) is 0. The van der Waals surface area contributed by atoms with Crippen LogP contribution in [0.3, 0.4) is 0 Å². The van der Waals surface area contributed by atoms with Gasteiger partial charge in [0, 0.05) is 32.7 Å². The van der Waals surface area contributed by atoms with Crippen LogP contribution in [0.5, 0.6) is 0 Å². The molecule has 0 aromatic carbocycles. The molecule has 0 aliphatic carbocycles. The van der Waals surface area contributed by atoms with Gasteiger partial charge in [-0.15, -0.1) is 0 Å². The first-order valence-corrected chi connectivity index (χ1v) is 7.97. The first-order valence-electron chi connectivity index (χ1n) is 7.97. The molecular weight excluding hydrogens is 254 g/mol. The summed E-state index contributed by atoms with van der Waals surface area (Å²) < 4.78 is 5.43. The van der Waals surface area contributed by atoms with Crippen molar-refractivity contribution in [2.75, 3.05) is 45.9 Å². The third-order valence-electron chi connectivity index (χ3n) is 4.11. The molecule has 5 nitrogen and oxygen atoms in total. The average Bonchev–Trinajstić information content (AvgIpc) is 2.43. The van der Waals surface area contributed by atoms with Crippen LogP contribution in [0.2, 0.25) is 0 Å². The number of hydrogen-bond donors (Lipinski definition) is 2. The molecule has 0 radical (unpaired) electrons. The molecule has 116 valence electrons. The first-order chi connectivity index (χ1) is 9.65. The zero-order valence-electron chi connectivity index (χ0n) is 12.9. The van der Waals surface area contributed by atoms with Crippen LogP contribution in [0.25, 0.3) is 0 Å². The van der Waals surface area contributed by atoms with Crippen LogP contribution in [0.4, 0.5) is 0 Å².